The van der Waals surface area contributed by atoms with Gasteiger partial charge in [-0.15, -0.1) is 0 Å². The first-order valence-electron chi connectivity index (χ1n) is 11.6. The highest BCUT2D eigenvalue weighted by Gasteiger charge is 2.25. The number of fused-ring (bicyclic) bond motifs is 1. The molecule has 1 aromatic heterocycles. The molecule has 0 saturated carbocycles. The molecule has 0 bridgehead atoms. The number of aromatic nitrogens is 1. The molecule has 3 aromatic rings. The summed E-state index contributed by atoms with van der Waals surface area (Å²) in [6.45, 7) is 5.65. The summed E-state index contributed by atoms with van der Waals surface area (Å²) in [5.74, 6) is 0.136. The van der Waals surface area contributed by atoms with E-state index in [0.717, 1.165) is 56.0 Å². The molecule has 0 atom stereocenters. The van der Waals surface area contributed by atoms with Gasteiger partial charge in [0.2, 0.25) is 5.91 Å². The molecule has 6 heteroatoms. The third-order valence-corrected chi connectivity index (χ3v) is 7.00. The highest BCUT2D eigenvalue weighted by Crippen LogP contribution is 2.30. The van der Waals surface area contributed by atoms with Gasteiger partial charge in [0.1, 0.15) is 0 Å². The van der Waals surface area contributed by atoms with Crippen LogP contribution in [0.15, 0.2) is 60.8 Å². The van der Waals surface area contributed by atoms with Crippen LogP contribution in [0.3, 0.4) is 0 Å². The zero-order valence-electron chi connectivity index (χ0n) is 19.0. The monoisotopic (exact) mass is 460 g/mol. The van der Waals surface area contributed by atoms with Gasteiger partial charge < -0.3 is 14.7 Å². The predicted molar refractivity (Wildman–Crippen MR) is 134 cm³/mol. The lowest BCUT2D eigenvalue weighted by Crippen LogP contribution is -2.45. The summed E-state index contributed by atoms with van der Waals surface area (Å²) in [7, 11) is 2.17. The number of carbonyl (C=O) groups is 1. The van der Waals surface area contributed by atoms with Crippen LogP contribution in [0.1, 0.15) is 16.8 Å². The van der Waals surface area contributed by atoms with Crippen LogP contribution >= 0.6 is 11.6 Å². The molecular weight excluding hydrogens is 432 g/mol. The first kappa shape index (κ1) is 21.9. The summed E-state index contributed by atoms with van der Waals surface area (Å²) in [5, 5.41) is 0.702. The number of pyridine rings is 1. The summed E-state index contributed by atoms with van der Waals surface area (Å²) in [6.07, 6.45) is 3.05. The third-order valence-electron chi connectivity index (χ3n) is 6.76. The minimum absolute atomic E-state index is 0.136. The fourth-order valence-corrected chi connectivity index (χ4v) is 4.94. The second kappa shape index (κ2) is 9.54. The number of halogens is 1. The Balaban J connectivity index is 1.28. The molecule has 3 heterocycles. The average molecular weight is 461 g/mol. The first-order valence-corrected chi connectivity index (χ1v) is 12.0. The maximum absolute atomic E-state index is 13.2. The zero-order chi connectivity index (χ0) is 22.8. The number of hydrogen-bond acceptors (Lipinski definition) is 4. The minimum atomic E-state index is 0.136. The van der Waals surface area contributed by atoms with E-state index in [0.29, 0.717) is 18.0 Å². The van der Waals surface area contributed by atoms with Gasteiger partial charge in [-0.05, 0) is 54.4 Å². The molecule has 170 valence electrons. The van der Waals surface area contributed by atoms with Gasteiger partial charge in [0.05, 0.1) is 6.42 Å². The maximum Gasteiger partial charge on any atom is 0.228 e. The van der Waals surface area contributed by atoms with Crippen molar-refractivity contribution in [2.24, 2.45) is 0 Å². The summed E-state index contributed by atoms with van der Waals surface area (Å²) in [6, 6.07) is 18.3. The van der Waals surface area contributed by atoms with E-state index in [-0.39, 0.29) is 5.91 Å². The molecule has 1 saturated heterocycles. The van der Waals surface area contributed by atoms with Crippen LogP contribution in [0.4, 0.5) is 5.69 Å². The first-order chi connectivity index (χ1) is 16.1. The fourth-order valence-electron chi connectivity index (χ4n) is 4.75. The van der Waals surface area contributed by atoms with Crippen molar-refractivity contribution in [3.05, 3.63) is 82.6 Å². The second-order valence-corrected chi connectivity index (χ2v) is 9.43. The molecule has 0 aliphatic carbocycles. The van der Waals surface area contributed by atoms with Crippen molar-refractivity contribution in [2.75, 3.05) is 44.7 Å². The molecule has 1 fully saturated rings. The van der Waals surface area contributed by atoms with E-state index in [1.54, 1.807) is 0 Å². The van der Waals surface area contributed by atoms with Gasteiger partial charge in [-0.25, -0.2) is 0 Å². The Morgan fingerprint density at radius 2 is 1.79 bits per heavy atom. The molecule has 0 radical (unpaired) electrons. The van der Waals surface area contributed by atoms with Crippen molar-refractivity contribution in [3.63, 3.8) is 0 Å². The fraction of sp³-hybridized carbons (Fsp3) is 0.333. The predicted octanol–water partition coefficient (Wildman–Crippen LogP) is 4.28. The Bertz CT molecular complexity index is 1140. The van der Waals surface area contributed by atoms with Crippen molar-refractivity contribution in [3.8, 4) is 11.1 Å². The smallest absolute Gasteiger partial charge is 0.228 e. The number of nitrogens with zero attached hydrogens (tertiary/aromatic N) is 4. The van der Waals surface area contributed by atoms with Crippen LogP contribution in [0.5, 0.6) is 0 Å². The van der Waals surface area contributed by atoms with Gasteiger partial charge in [-0.3, -0.25) is 9.78 Å². The number of hydrogen-bond donors (Lipinski definition) is 0. The maximum atomic E-state index is 13.2. The molecule has 5 rings (SSSR count). The molecule has 1 amide bonds. The number of benzene rings is 2. The Kier molecular flexibility index (Phi) is 6.34. The molecule has 33 heavy (non-hydrogen) atoms. The molecular formula is C27H29ClN4O. The Morgan fingerprint density at radius 3 is 2.55 bits per heavy atom. The molecule has 2 aliphatic rings. The van der Waals surface area contributed by atoms with Gasteiger partial charge in [0.25, 0.3) is 0 Å². The molecule has 0 spiro atoms. The summed E-state index contributed by atoms with van der Waals surface area (Å²) < 4.78 is 0. The van der Waals surface area contributed by atoms with E-state index in [9.17, 15) is 4.79 Å². The molecule has 2 aliphatic heterocycles. The van der Waals surface area contributed by atoms with Gasteiger partial charge in [0.15, 0.2) is 0 Å². The van der Waals surface area contributed by atoms with Crippen LogP contribution in [-0.4, -0.2) is 60.5 Å². The zero-order valence-corrected chi connectivity index (χ0v) is 19.8. The quantitative estimate of drug-likeness (QED) is 0.582. The van der Waals surface area contributed by atoms with Crippen molar-refractivity contribution >= 4 is 23.2 Å². The van der Waals surface area contributed by atoms with E-state index in [1.807, 2.05) is 47.5 Å². The minimum Gasteiger partial charge on any atom is -0.369 e. The summed E-state index contributed by atoms with van der Waals surface area (Å²) in [5.41, 5.74) is 6.80. The van der Waals surface area contributed by atoms with E-state index in [1.165, 1.54) is 16.8 Å². The molecule has 5 nitrogen and oxygen atoms in total. The lowest BCUT2D eigenvalue weighted by Gasteiger charge is -2.38. The number of rotatable bonds is 4. The van der Waals surface area contributed by atoms with Crippen molar-refractivity contribution in [1.82, 2.24) is 14.8 Å². The number of carbonyl (C=O) groups excluding carboxylic acids is 1. The largest absolute Gasteiger partial charge is 0.369 e. The normalized spacial score (nSPS) is 16.5. The standard InChI is InChI=1S/C27H29ClN4O/c1-30-12-14-31(15-13-30)26-7-3-4-20-10-11-32(19-25(20)26)27(33)17-24-9-8-22(18-29-24)21-5-2-6-23(28)16-21/h2-9,16,18H,10-15,17,19H2,1H3. The van der Waals surface area contributed by atoms with Crippen LogP contribution in [-0.2, 0) is 24.2 Å². The van der Waals surface area contributed by atoms with Crippen LogP contribution in [0.25, 0.3) is 11.1 Å². The van der Waals surface area contributed by atoms with Gasteiger partial charge in [-0.2, -0.15) is 0 Å². The highest BCUT2D eigenvalue weighted by molar-refractivity contribution is 6.30. The molecule has 0 N–H and O–H groups in total. The van der Waals surface area contributed by atoms with Crippen LogP contribution < -0.4 is 4.90 Å². The van der Waals surface area contributed by atoms with Crippen molar-refractivity contribution < 1.29 is 4.79 Å². The number of likely N-dealkylation sites (N-methyl/N-ethyl adjacent to an activating group) is 1. The van der Waals surface area contributed by atoms with Crippen molar-refractivity contribution in [2.45, 2.75) is 19.4 Å². The third kappa shape index (κ3) is 4.90. The topological polar surface area (TPSA) is 39.7 Å². The second-order valence-electron chi connectivity index (χ2n) is 9.00. The number of piperazine rings is 1. The summed E-state index contributed by atoms with van der Waals surface area (Å²) >= 11 is 6.11. The van der Waals surface area contributed by atoms with Crippen LogP contribution in [0.2, 0.25) is 5.02 Å². The summed E-state index contributed by atoms with van der Waals surface area (Å²) in [4.78, 5) is 24.6. The number of anilines is 1. The lowest BCUT2D eigenvalue weighted by molar-refractivity contribution is -0.131. The Hall–Kier alpha value is -2.89. The number of amides is 1. The average Bonchev–Trinajstić information content (AvgIpc) is 2.84. The Morgan fingerprint density at radius 1 is 0.970 bits per heavy atom. The van der Waals surface area contributed by atoms with E-state index < -0.39 is 0 Å². The van der Waals surface area contributed by atoms with Gasteiger partial charge >= 0.3 is 0 Å². The van der Waals surface area contributed by atoms with E-state index in [2.05, 4.69) is 40.0 Å². The Labute approximate surface area is 200 Å². The molecule has 0 unspecified atom stereocenters. The SMILES string of the molecule is CN1CCN(c2cccc3c2CN(C(=O)Cc2ccc(-c4cccc(Cl)c4)cn2)CC3)CC1. The van der Waals surface area contributed by atoms with Crippen LogP contribution in [0, 0.1) is 0 Å². The van der Waals surface area contributed by atoms with Gasteiger partial charge in [0, 0.05) is 67.4 Å². The molecule has 2 aromatic carbocycles. The van der Waals surface area contributed by atoms with E-state index in [4.69, 9.17) is 11.6 Å². The van der Waals surface area contributed by atoms with E-state index >= 15 is 0 Å². The van der Waals surface area contributed by atoms with Gasteiger partial charge in [-0.1, -0.05) is 41.9 Å². The highest BCUT2D eigenvalue weighted by atomic mass is 35.5. The van der Waals surface area contributed by atoms with Crippen molar-refractivity contribution in [1.29, 1.82) is 0 Å². The lowest BCUT2D eigenvalue weighted by atomic mass is 9.96.